The Labute approximate surface area is 68.2 Å². The predicted molar refractivity (Wildman–Crippen MR) is 38.2 cm³/mol. The van der Waals surface area contributed by atoms with E-state index < -0.39 is 0 Å². The van der Waals surface area contributed by atoms with Gasteiger partial charge in [-0.1, -0.05) is 5.16 Å². The zero-order valence-electron chi connectivity index (χ0n) is 6.51. The minimum atomic E-state index is 0.497. The maximum absolute atomic E-state index is 4.79. The summed E-state index contributed by atoms with van der Waals surface area (Å²) < 4.78 is 6.42. The first-order chi connectivity index (χ1) is 5.84. The molecule has 2 aromatic heterocycles. The van der Waals surface area contributed by atoms with Crippen LogP contribution in [0.2, 0.25) is 0 Å². The molecule has 6 heteroatoms. The minimum absolute atomic E-state index is 0.497. The average Bonchev–Trinajstić information content (AvgIpc) is 2.63. The summed E-state index contributed by atoms with van der Waals surface area (Å²) in [5, 5.41) is 7.62. The second kappa shape index (κ2) is 2.72. The van der Waals surface area contributed by atoms with Crippen molar-refractivity contribution in [3.63, 3.8) is 0 Å². The van der Waals surface area contributed by atoms with Crippen molar-refractivity contribution in [2.24, 2.45) is 0 Å². The van der Waals surface area contributed by atoms with E-state index in [1.165, 1.54) is 6.33 Å². The summed E-state index contributed by atoms with van der Waals surface area (Å²) in [5.74, 6) is 1.17. The molecule has 0 atom stereocenters. The van der Waals surface area contributed by atoms with Gasteiger partial charge in [-0.05, 0) is 0 Å². The number of hydrogen-bond donors (Lipinski definition) is 0. The van der Waals surface area contributed by atoms with Crippen LogP contribution in [0.25, 0.3) is 0 Å². The van der Waals surface area contributed by atoms with E-state index in [0.717, 1.165) is 0 Å². The molecule has 0 spiro atoms. The Balaban J connectivity index is 2.14. The summed E-state index contributed by atoms with van der Waals surface area (Å²) in [6, 6.07) is 0. The van der Waals surface area contributed by atoms with Crippen molar-refractivity contribution < 1.29 is 4.52 Å². The second-order valence-electron chi connectivity index (χ2n) is 2.32. The van der Waals surface area contributed by atoms with Crippen molar-refractivity contribution in [1.82, 2.24) is 24.9 Å². The standard InChI is InChI=1S/C6H7N5O/c1-5-9-6(10-12-5)2-11-4-7-3-8-11/h3-4H,2H2,1H3. The Kier molecular flexibility index (Phi) is 1.58. The Morgan fingerprint density at radius 1 is 1.58 bits per heavy atom. The van der Waals surface area contributed by atoms with E-state index in [1.54, 1.807) is 17.9 Å². The molecule has 2 rings (SSSR count). The van der Waals surface area contributed by atoms with E-state index in [9.17, 15) is 0 Å². The molecule has 0 fully saturated rings. The quantitative estimate of drug-likeness (QED) is 0.627. The first-order valence-corrected chi connectivity index (χ1v) is 3.46. The summed E-state index contributed by atoms with van der Waals surface area (Å²) in [6.07, 6.45) is 3.07. The number of hydrogen-bond acceptors (Lipinski definition) is 5. The number of rotatable bonds is 2. The molecular formula is C6H7N5O. The number of aromatic nitrogens is 5. The van der Waals surface area contributed by atoms with Gasteiger partial charge >= 0.3 is 0 Å². The van der Waals surface area contributed by atoms with Gasteiger partial charge in [0.25, 0.3) is 0 Å². The molecule has 0 aromatic carbocycles. The van der Waals surface area contributed by atoms with Crippen LogP contribution >= 0.6 is 0 Å². The van der Waals surface area contributed by atoms with Crippen molar-refractivity contribution in [3.8, 4) is 0 Å². The molecule has 0 radical (unpaired) electrons. The van der Waals surface area contributed by atoms with Gasteiger partial charge in [0.15, 0.2) is 5.82 Å². The van der Waals surface area contributed by atoms with E-state index in [2.05, 4.69) is 20.2 Å². The highest BCUT2D eigenvalue weighted by Crippen LogP contribution is 1.96. The molecule has 0 saturated carbocycles. The topological polar surface area (TPSA) is 69.6 Å². The van der Waals surface area contributed by atoms with Crippen molar-refractivity contribution in [2.75, 3.05) is 0 Å². The zero-order chi connectivity index (χ0) is 8.39. The van der Waals surface area contributed by atoms with E-state index in [4.69, 9.17) is 4.52 Å². The van der Waals surface area contributed by atoms with Crippen molar-refractivity contribution >= 4 is 0 Å². The van der Waals surface area contributed by atoms with Gasteiger partial charge in [-0.3, -0.25) is 0 Å². The third-order valence-corrected chi connectivity index (χ3v) is 1.34. The van der Waals surface area contributed by atoms with Gasteiger partial charge in [0.2, 0.25) is 5.89 Å². The first-order valence-electron chi connectivity index (χ1n) is 3.46. The smallest absolute Gasteiger partial charge is 0.223 e. The van der Waals surface area contributed by atoms with E-state index in [0.29, 0.717) is 18.3 Å². The normalized spacial score (nSPS) is 10.4. The summed E-state index contributed by atoms with van der Waals surface area (Å²) in [7, 11) is 0. The molecule has 2 heterocycles. The van der Waals surface area contributed by atoms with Crippen LogP contribution in [0.1, 0.15) is 11.7 Å². The summed E-state index contributed by atoms with van der Waals surface area (Å²) >= 11 is 0. The summed E-state index contributed by atoms with van der Waals surface area (Å²) in [4.78, 5) is 7.81. The van der Waals surface area contributed by atoms with Crippen LogP contribution in [0, 0.1) is 6.92 Å². The molecule has 0 aliphatic rings. The van der Waals surface area contributed by atoms with Crippen LogP contribution < -0.4 is 0 Å². The average molecular weight is 165 g/mol. The monoisotopic (exact) mass is 165 g/mol. The minimum Gasteiger partial charge on any atom is -0.340 e. The van der Waals surface area contributed by atoms with Gasteiger partial charge < -0.3 is 4.52 Å². The van der Waals surface area contributed by atoms with E-state index in [-0.39, 0.29) is 0 Å². The van der Waals surface area contributed by atoms with Gasteiger partial charge in [0, 0.05) is 6.92 Å². The lowest BCUT2D eigenvalue weighted by Crippen LogP contribution is -2.01. The van der Waals surface area contributed by atoms with E-state index in [1.807, 2.05) is 0 Å². The second-order valence-corrected chi connectivity index (χ2v) is 2.32. The van der Waals surface area contributed by atoms with Gasteiger partial charge in [-0.15, -0.1) is 0 Å². The summed E-state index contributed by atoms with van der Waals surface area (Å²) in [5.41, 5.74) is 0. The molecule has 0 saturated heterocycles. The third-order valence-electron chi connectivity index (χ3n) is 1.34. The van der Waals surface area contributed by atoms with Crippen molar-refractivity contribution in [3.05, 3.63) is 24.4 Å². The molecule has 0 amide bonds. The zero-order valence-corrected chi connectivity index (χ0v) is 6.51. The maximum Gasteiger partial charge on any atom is 0.223 e. The fourth-order valence-corrected chi connectivity index (χ4v) is 0.865. The molecule has 0 aliphatic carbocycles. The van der Waals surface area contributed by atoms with Crippen LogP contribution in [0.3, 0.4) is 0 Å². The lowest BCUT2D eigenvalue weighted by molar-refractivity contribution is 0.385. The molecule has 0 unspecified atom stereocenters. The summed E-state index contributed by atoms with van der Waals surface area (Å²) in [6.45, 7) is 2.25. The van der Waals surface area contributed by atoms with Gasteiger partial charge in [-0.2, -0.15) is 10.1 Å². The number of nitrogens with zero attached hydrogens (tertiary/aromatic N) is 5. The lowest BCUT2D eigenvalue weighted by atomic mass is 10.6. The molecule has 0 bridgehead atoms. The predicted octanol–water partition coefficient (Wildman–Crippen LogP) is 0.0178. The maximum atomic E-state index is 4.79. The van der Waals surface area contributed by atoms with Gasteiger partial charge in [-0.25, -0.2) is 9.67 Å². The Morgan fingerprint density at radius 2 is 2.50 bits per heavy atom. The molecule has 62 valence electrons. The first kappa shape index (κ1) is 6.96. The fourth-order valence-electron chi connectivity index (χ4n) is 0.865. The lowest BCUT2D eigenvalue weighted by Gasteiger charge is -1.91. The van der Waals surface area contributed by atoms with Gasteiger partial charge in [0.05, 0.1) is 0 Å². The van der Waals surface area contributed by atoms with Crippen LogP contribution in [0.5, 0.6) is 0 Å². The van der Waals surface area contributed by atoms with E-state index >= 15 is 0 Å². The fraction of sp³-hybridized carbons (Fsp3) is 0.333. The largest absolute Gasteiger partial charge is 0.340 e. The third kappa shape index (κ3) is 1.31. The molecule has 2 aromatic rings. The molecular weight excluding hydrogens is 158 g/mol. The van der Waals surface area contributed by atoms with Crippen LogP contribution in [-0.4, -0.2) is 24.9 Å². The molecule has 0 aliphatic heterocycles. The highest BCUT2D eigenvalue weighted by Gasteiger charge is 2.02. The molecule has 12 heavy (non-hydrogen) atoms. The molecule has 0 N–H and O–H groups in total. The Bertz CT molecular complexity index is 352. The Hall–Kier alpha value is -1.72. The number of aryl methyl sites for hydroxylation is 1. The molecule has 6 nitrogen and oxygen atoms in total. The highest BCUT2D eigenvalue weighted by molar-refractivity contribution is 4.83. The van der Waals surface area contributed by atoms with Crippen LogP contribution in [0.4, 0.5) is 0 Å². The SMILES string of the molecule is Cc1nc(Cn2cncn2)no1. The Morgan fingerprint density at radius 3 is 3.08 bits per heavy atom. The van der Waals surface area contributed by atoms with Crippen molar-refractivity contribution in [1.29, 1.82) is 0 Å². The van der Waals surface area contributed by atoms with Gasteiger partial charge in [0.1, 0.15) is 19.2 Å². The van der Waals surface area contributed by atoms with Crippen molar-refractivity contribution in [2.45, 2.75) is 13.5 Å². The van der Waals surface area contributed by atoms with Crippen LogP contribution in [-0.2, 0) is 6.54 Å². The highest BCUT2D eigenvalue weighted by atomic mass is 16.5. The van der Waals surface area contributed by atoms with Crippen LogP contribution in [0.15, 0.2) is 17.2 Å².